The van der Waals surface area contributed by atoms with E-state index in [2.05, 4.69) is 26.1 Å². The molecule has 2 heterocycles. The number of carbonyl (C=O) groups excluding carboxylic acids is 2. The Morgan fingerprint density at radius 1 is 1.24 bits per heavy atom. The number of aromatic nitrogens is 2. The lowest BCUT2D eigenvalue weighted by Gasteiger charge is -2.29. The van der Waals surface area contributed by atoms with E-state index in [9.17, 15) is 14.0 Å². The third-order valence-electron chi connectivity index (χ3n) is 4.67. The molecule has 0 aliphatic carbocycles. The van der Waals surface area contributed by atoms with Crippen LogP contribution in [0, 0.1) is 5.82 Å². The van der Waals surface area contributed by atoms with Gasteiger partial charge < -0.3 is 20.7 Å². The molecular weight excluding hydrogens is 377 g/mol. The number of hydrogen-bond donors (Lipinski definition) is 4. The first-order valence-corrected chi connectivity index (χ1v) is 8.86. The number of esters is 1. The molecule has 0 spiro atoms. The van der Waals surface area contributed by atoms with Crippen molar-refractivity contribution < 1.29 is 18.7 Å². The number of H-pyrrole nitrogens is 1. The van der Waals surface area contributed by atoms with E-state index in [1.54, 1.807) is 6.20 Å². The Kier molecular flexibility index (Phi) is 4.86. The van der Waals surface area contributed by atoms with E-state index < -0.39 is 23.9 Å². The Labute approximate surface area is 165 Å². The average molecular weight is 395 g/mol. The normalized spacial score (nSPS) is 16.3. The molecule has 8 nitrogen and oxygen atoms in total. The number of hydrogen-bond acceptors (Lipinski definition) is 5. The first-order valence-electron chi connectivity index (χ1n) is 8.86. The first-order chi connectivity index (χ1) is 14.0. The number of rotatable bonds is 5. The second kappa shape index (κ2) is 7.63. The van der Waals surface area contributed by atoms with Crippen LogP contribution in [-0.2, 0) is 9.53 Å². The number of anilines is 1. The number of nitrogens with one attached hydrogen (secondary N) is 4. The molecule has 1 aliphatic rings. The molecule has 0 bridgehead atoms. The fourth-order valence-corrected chi connectivity index (χ4v) is 3.26. The van der Waals surface area contributed by atoms with Crippen molar-refractivity contribution in [3.8, 4) is 0 Å². The Morgan fingerprint density at radius 2 is 2.03 bits per heavy atom. The summed E-state index contributed by atoms with van der Waals surface area (Å²) in [5.74, 6) is -0.997. The molecule has 0 saturated carbocycles. The van der Waals surface area contributed by atoms with Crippen LogP contribution < -0.4 is 16.0 Å². The third-order valence-corrected chi connectivity index (χ3v) is 4.67. The maximum absolute atomic E-state index is 13.3. The van der Waals surface area contributed by atoms with Gasteiger partial charge in [-0.2, -0.15) is 5.10 Å². The highest BCUT2D eigenvalue weighted by atomic mass is 19.1. The van der Waals surface area contributed by atoms with Gasteiger partial charge in [0, 0.05) is 11.1 Å². The largest absolute Gasteiger partial charge is 0.466 e. The fraction of sp³-hybridized carbons (Fsp3) is 0.150. The number of nitrogens with zero attached hydrogens (tertiary/aromatic N) is 1. The highest BCUT2D eigenvalue weighted by Gasteiger charge is 2.33. The molecule has 1 unspecified atom stereocenters. The highest BCUT2D eigenvalue weighted by Crippen LogP contribution is 2.28. The van der Waals surface area contributed by atoms with E-state index >= 15 is 0 Å². The second-order valence-corrected chi connectivity index (χ2v) is 6.49. The third kappa shape index (κ3) is 3.75. The van der Waals surface area contributed by atoms with Gasteiger partial charge in [-0.1, -0.05) is 12.1 Å². The zero-order valence-corrected chi connectivity index (χ0v) is 15.5. The number of amides is 2. The Bertz CT molecular complexity index is 1110. The molecule has 2 amide bonds. The van der Waals surface area contributed by atoms with Gasteiger partial charge in [-0.05, 0) is 35.9 Å². The summed E-state index contributed by atoms with van der Waals surface area (Å²) >= 11 is 0. The van der Waals surface area contributed by atoms with Crippen molar-refractivity contribution in [2.75, 3.05) is 19.0 Å². The number of carbonyl (C=O) groups is 2. The zero-order valence-electron chi connectivity index (χ0n) is 15.5. The first kappa shape index (κ1) is 18.5. The number of urea groups is 1. The minimum Gasteiger partial charge on any atom is -0.466 e. The summed E-state index contributed by atoms with van der Waals surface area (Å²) in [6.07, 6.45) is 1.70. The smallest absolute Gasteiger partial charge is 0.338 e. The highest BCUT2D eigenvalue weighted by molar-refractivity contribution is 5.95. The van der Waals surface area contributed by atoms with Gasteiger partial charge >= 0.3 is 12.0 Å². The quantitative estimate of drug-likeness (QED) is 0.497. The molecule has 148 valence electrons. The molecule has 3 aromatic rings. The van der Waals surface area contributed by atoms with Gasteiger partial charge in [0.25, 0.3) is 0 Å². The van der Waals surface area contributed by atoms with Crippen molar-refractivity contribution >= 4 is 28.6 Å². The summed E-state index contributed by atoms with van der Waals surface area (Å²) in [5, 5.41) is 16.3. The number of methoxy groups -OCH3 is 1. The fourth-order valence-electron chi connectivity index (χ4n) is 3.26. The summed E-state index contributed by atoms with van der Waals surface area (Å²) in [6.45, 7) is 0.179. The maximum atomic E-state index is 13.3. The molecule has 1 aromatic heterocycles. The summed E-state index contributed by atoms with van der Waals surface area (Å²) in [5.41, 5.74) is 2.88. The molecule has 4 N–H and O–H groups in total. The van der Waals surface area contributed by atoms with E-state index in [0.29, 0.717) is 11.3 Å². The minimum atomic E-state index is -0.759. The van der Waals surface area contributed by atoms with Crippen LogP contribution in [-0.4, -0.2) is 35.9 Å². The van der Waals surface area contributed by atoms with Crippen LogP contribution in [0.25, 0.3) is 10.9 Å². The summed E-state index contributed by atoms with van der Waals surface area (Å²) in [7, 11) is 1.27. The summed E-state index contributed by atoms with van der Waals surface area (Å²) in [6, 6.07) is 10.0. The monoisotopic (exact) mass is 395 g/mol. The lowest BCUT2D eigenvalue weighted by Crippen LogP contribution is -2.47. The molecule has 2 aromatic carbocycles. The van der Waals surface area contributed by atoms with Crippen molar-refractivity contribution in [1.82, 2.24) is 20.8 Å². The van der Waals surface area contributed by atoms with Gasteiger partial charge in [0.05, 0.1) is 42.7 Å². The SMILES string of the molecule is COC(=O)C1=C(CNc2ccc3[nH]ncc3c2)NC(=O)NC1c1ccc(F)cc1. The molecule has 4 rings (SSSR count). The van der Waals surface area contributed by atoms with Crippen LogP contribution in [0.4, 0.5) is 14.9 Å². The number of fused-ring (bicyclic) bond motifs is 1. The van der Waals surface area contributed by atoms with Crippen LogP contribution in [0.5, 0.6) is 0 Å². The van der Waals surface area contributed by atoms with Crippen molar-refractivity contribution in [3.63, 3.8) is 0 Å². The molecular formula is C20H18FN5O3. The molecule has 9 heteroatoms. The van der Waals surface area contributed by atoms with Gasteiger partial charge in [0.1, 0.15) is 5.82 Å². The van der Waals surface area contributed by atoms with Crippen molar-refractivity contribution in [3.05, 3.63) is 71.3 Å². The van der Waals surface area contributed by atoms with Crippen LogP contribution in [0.2, 0.25) is 0 Å². The van der Waals surface area contributed by atoms with E-state index in [1.165, 1.54) is 31.4 Å². The van der Waals surface area contributed by atoms with Gasteiger partial charge in [-0.3, -0.25) is 5.10 Å². The molecule has 1 atom stereocenters. The van der Waals surface area contributed by atoms with E-state index in [0.717, 1.165) is 16.6 Å². The molecule has 1 aliphatic heterocycles. The van der Waals surface area contributed by atoms with Crippen LogP contribution in [0.15, 0.2) is 59.9 Å². The van der Waals surface area contributed by atoms with Gasteiger partial charge in [-0.25, -0.2) is 14.0 Å². The maximum Gasteiger partial charge on any atom is 0.338 e. The topological polar surface area (TPSA) is 108 Å². The van der Waals surface area contributed by atoms with Gasteiger partial charge in [0.15, 0.2) is 0 Å². The second-order valence-electron chi connectivity index (χ2n) is 6.49. The minimum absolute atomic E-state index is 0.179. The van der Waals surface area contributed by atoms with Crippen LogP contribution in [0.1, 0.15) is 11.6 Å². The Balaban J connectivity index is 1.66. The molecule has 0 radical (unpaired) electrons. The van der Waals surface area contributed by atoms with E-state index in [-0.39, 0.29) is 12.1 Å². The lowest BCUT2D eigenvalue weighted by molar-refractivity contribution is -0.136. The van der Waals surface area contributed by atoms with Crippen LogP contribution >= 0.6 is 0 Å². The Morgan fingerprint density at radius 3 is 2.79 bits per heavy atom. The summed E-state index contributed by atoms with van der Waals surface area (Å²) in [4.78, 5) is 24.7. The van der Waals surface area contributed by atoms with Gasteiger partial charge in [-0.15, -0.1) is 0 Å². The summed E-state index contributed by atoms with van der Waals surface area (Å²) < 4.78 is 18.2. The standard InChI is InChI=1S/C20H18FN5O3/c1-29-19(27)17-16(10-22-14-6-7-15-12(8-14)9-23-26-15)24-20(28)25-18(17)11-2-4-13(21)5-3-11/h2-9,18,22H,10H2,1H3,(H,23,26)(H2,24,25,28). The number of halogens is 1. The zero-order chi connectivity index (χ0) is 20.4. The number of benzene rings is 2. The van der Waals surface area contributed by atoms with Crippen molar-refractivity contribution in [1.29, 1.82) is 0 Å². The molecule has 0 fully saturated rings. The van der Waals surface area contributed by atoms with Gasteiger partial charge in [0.2, 0.25) is 0 Å². The van der Waals surface area contributed by atoms with E-state index in [4.69, 9.17) is 4.74 Å². The van der Waals surface area contributed by atoms with E-state index in [1.807, 2.05) is 18.2 Å². The predicted octanol–water partition coefficient (Wildman–Crippen LogP) is 2.60. The van der Waals surface area contributed by atoms with Crippen molar-refractivity contribution in [2.24, 2.45) is 0 Å². The van der Waals surface area contributed by atoms with Crippen LogP contribution in [0.3, 0.4) is 0 Å². The average Bonchev–Trinajstić information content (AvgIpc) is 3.19. The lowest BCUT2D eigenvalue weighted by atomic mass is 9.95. The number of aromatic amines is 1. The molecule has 29 heavy (non-hydrogen) atoms. The Hall–Kier alpha value is -3.88. The predicted molar refractivity (Wildman–Crippen MR) is 104 cm³/mol. The molecule has 0 saturated heterocycles. The van der Waals surface area contributed by atoms with Crippen molar-refractivity contribution in [2.45, 2.75) is 6.04 Å². The number of ether oxygens (including phenoxy) is 1.